The first kappa shape index (κ1) is 12.5. The van der Waals surface area contributed by atoms with Gasteiger partial charge in [-0.3, -0.25) is 0 Å². The van der Waals surface area contributed by atoms with Crippen molar-refractivity contribution in [3.63, 3.8) is 0 Å². The minimum absolute atomic E-state index is 0.0466. The van der Waals surface area contributed by atoms with Gasteiger partial charge in [-0.1, -0.05) is 0 Å². The Morgan fingerprint density at radius 1 is 1.38 bits per heavy atom. The third kappa shape index (κ3) is 3.02. The summed E-state index contributed by atoms with van der Waals surface area (Å²) < 4.78 is 0. The molecule has 0 bridgehead atoms. The normalized spacial score (nSPS) is 22.9. The van der Waals surface area contributed by atoms with E-state index in [4.69, 9.17) is 25.5 Å². The predicted molar refractivity (Wildman–Crippen MR) is 41.8 cm³/mol. The summed E-state index contributed by atoms with van der Waals surface area (Å²) in [5.41, 5.74) is -2.14. The van der Waals surface area contributed by atoms with Crippen molar-refractivity contribution in [2.45, 2.75) is 30.8 Å². The first-order chi connectivity index (χ1) is 5.86. The fraction of sp³-hybridized carbons (Fsp3) is 0.857. The van der Waals surface area contributed by atoms with Crippen LogP contribution in [0.4, 0.5) is 0 Å². The Morgan fingerprint density at radius 3 is 2.15 bits per heavy atom. The van der Waals surface area contributed by atoms with E-state index in [0.717, 1.165) is 6.92 Å². The molecule has 0 aliphatic carbocycles. The Bertz CT molecular complexity index is 168. The van der Waals surface area contributed by atoms with Crippen molar-refractivity contribution in [2.75, 3.05) is 6.61 Å². The minimum atomic E-state index is -2.14. The molecule has 0 rings (SSSR count). The van der Waals surface area contributed by atoms with Crippen LogP contribution in [0.2, 0.25) is 0 Å². The van der Waals surface area contributed by atoms with Gasteiger partial charge in [-0.2, -0.15) is 0 Å². The zero-order valence-corrected chi connectivity index (χ0v) is 7.16. The quantitative estimate of drug-likeness (QED) is 0.298. The van der Waals surface area contributed by atoms with Crippen molar-refractivity contribution in [1.82, 2.24) is 0 Å². The lowest BCUT2D eigenvalue weighted by molar-refractivity contribution is -0.159. The molecule has 0 radical (unpaired) electrons. The van der Waals surface area contributed by atoms with Crippen molar-refractivity contribution < 1.29 is 30.3 Å². The van der Waals surface area contributed by atoms with Gasteiger partial charge < -0.3 is 30.3 Å². The van der Waals surface area contributed by atoms with Gasteiger partial charge in [-0.05, 0) is 6.92 Å². The molecule has 78 valence electrons. The van der Waals surface area contributed by atoms with Crippen molar-refractivity contribution in [3.05, 3.63) is 0 Å². The average molecular weight is 194 g/mol. The number of aliphatic hydroxyl groups excluding tert-OH is 4. The number of hydrogen-bond acceptors (Lipinski definition) is 6. The van der Waals surface area contributed by atoms with Gasteiger partial charge in [0.25, 0.3) is 0 Å². The van der Waals surface area contributed by atoms with Crippen LogP contribution in [0.15, 0.2) is 0 Å². The molecule has 0 saturated carbocycles. The monoisotopic (exact) mass is 194 g/mol. The number of aliphatic hydroxyl groups is 5. The fourth-order valence-electron chi connectivity index (χ4n) is 0.734. The van der Waals surface area contributed by atoms with E-state index in [1.165, 1.54) is 0 Å². The molecule has 0 aliphatic rings. The van der Waals surface area contributed by atoms with E-state index in [1.807, 2.05) is 0 Å². The fourth-order valence-corrected chi connectivity index (χ4v) is 0.734. The van der Waals surface area contributed by atoms with Crippen LogP contribution in [0.5, 0.6) is 0 Å². The summed E-state index contributed by atoms with van der Waals surface area (Å²) in [5, 5.41) is 44.6. The average Bonchev–Trinajstić information content (AvgIpc) is 2.14. The Morgan fingerprint density at radius 2 is 1.85 bits per heavy atom. The number of hydrogen-bond donors (Lipinski definition) is 5. The van der Waals surface area contributed by atoms with E-state index in [9.17, 15) is 4.79 Å². The topological polar surface area (TPSA) is 118 Å². The van der Waals surface area contributed by atoms with Gasteiger partial charge in [-0.15, -0.1) is 0 Å². The van der Waals surface area contributed by atoms with E-state index in [1.54, 1.807) is 0 Å². The molecule has 0 heterocycles. The van der Waals surface area contributed by atoms with E-state index in [0.29, 0.717) is 0 Å². The van der Waals surface area contributed by atoms with Crippen molar-refractivity contribution in [3.8, 4) is 0 Å². The zero-order valence-electron chi connectivity index (χ0n) is 7.16. The first-order valence-corrected chi connectivity index (χ1v) is 3.70. The molecule has 0 aliphatic heterocycles. The van der Waals surface area contributed by atoms with Gasteiger partial charge in [0.15, 0.2) is 6.29 Å². The van der Waals surface area contributed by atoms with Gasteiger partial charge in [0.05, 0.1) is 6.61 Å². The molecule has 5 N–H and O–H groups in total. The van der Waals surface area contributed by atoms with Gasteiger partial charge in [-0.25, -0.2) is 0 Å². The lowest BCUT2D eigenvalue weighted by atomic mass is 9.93. The molecule has 0 aromatic heterocycles. The highest BCUT2D eigenvalue weighted by molar-refractivity contribution is 5.62. The zero-order chi connectivity index (χ0) is 10.6. The maximum absolute atomic E-state index is 10.2. The maximum atomic E-state index is 10.2. The Balaban J connectivity index is 4.40. The molecule has 0 unspecified atom stereocenters. The van der Waals surface area contributed by atoms with Crippen molar-refractivity contribution >= 4 is 6.29 Å². The number of carbonyl (C=O) groups excluding carboxylic acids is 1. The number of aldehydes is 1. The van der Waals surface area contributed by atoms with E-state index in [-0.39, 0.29) is 6.29 Å². The highest BCUT2D eigenvalue weighted by Gasteiger charge is 2.38. The summed E-state index contributed by atoms with van der Waals surface area (Å²) in [4.78, 5) is 10.2. The summed E-state index contributed by atoms with van der Waals surface area (Å²) in [7, 11) is 0. The summed E-state index contributed by atoms with van der Waals surface area (Å²) in [6.45, 7) is 0.213. The van der Waals surface area contributed by atoms with Crippen molar-refractivity contribution in [2.24, 2.45) is 0 Å². The lowest BCUT2D eigenvalue weighted by Crippen LogP contribution is -2.53. The minimum Gasteiger partial charge on any atom is -0.394 e. The SMILES string of the molecule is C[C@](O)(C=O)[C@@H](O)[C@H](O)[C@H](O)CO. The lowest BCUT2D eigenvalue weighted by Gasteiger charge is -2.29. The van der Waals surface area contributed by atoms with Crippen LogP contribution in [-0.4, -0.2) is 62.3 Å². The molecule has 6 nitrogen and oxygen atoms in total. The third-order valence-corrected chi connectivity index (χ3v) is 1.74. The second kappa shape index (κ2) is 4.64. The predicted octanol–water partition coefficient (Wildman–Crippen LogP) is -2.99. The van der Waals surface area contributed by atoms with E-state index < -0.39 is 30.5 Å². The van der Waals surface area contributed by atoms with Crippen LogP contribution in [0.3, 0.4) is 0 Å². The molecule has 0 saturated heterocycles. The van der Waals surface area contributed by atoms with Crippen LogP contribution in [-0.2, 0) is 4.79 Å². The molecule has 6 heteroatoms. The summed E-state index contributed by atoms with van der Waals surface area (Å²) in [6, 6.07) is 0. The van der Waals surface area contributed by atoms with Gasteiger partial charge >= 0.3 is 0 Å². The summed E-state index contributed by atoms with van der Waals surface area (Å²) >= 11 is 0. The maximum Gasteiger partial charge on any atom is 0.154 e. The highest BCUT2D eigenvalue weighted by atomic mass is 16.4. The van der Waals surface area contributed by atoms with Crippen LogP contribution in [0, 0.1) is 0 Å². The summed E-state index contributed by atoms with van der Waals surface area (Å²) in [5.74, 6) is 0. The first-order valence-electron chi connectivity index (χ1n) is 3.70. The molecule has 0 aromatic carbocycles. The Hall–Kier alpha value is -0.530. The van der Waals surface area contributed by atoms with E-state index >= 15 is 0 Å². The number of carbonyl (C=O) groups is 1. The Labute approximate surface area is 75.1 Å². The van der Waals surface area contributed by atoms with Gasteiger partial charge in [0.2, 0.25) is 0 Å². The largest absolute Gasteiger partial charge is 0.394 e. The molecule has 13 heavy (non-hydrogen) atoms. The second-order valence-corrected chi connectivity index (χ2v) is 3.03. The van der Waals surface area contributed by atoms with Crippen LogP contribution in [0.25, 0.3) is 0 Å². The van der Waals surface area contributed by atoms with Crippen LogP contribution in [0.1, 0.15) is 6.92 Å². The number of rotatable bonds is 5. The van der Waals surface area contributed by atoms with Gasteiger partial charge in [0.1, 0.15) is 23.9 Å². The van der Waals surface area contributed by atoms with Crippen molar-refractivity contribution in [1.29, 1.82) is 0 Å². The van der Waals surface area contributed by atoms with Crippen LogP contribution < -0.4 is 0 Å². The standard InChI is InChI=1S/C7H14O6/c1-7(13,3-9)6(12)5(11)4(10)2-8/h3-6,8,10-13H,2H2,1H3/t4-,5-,6+,7+/m1/s1. The third-order valence-electron chi connectivity index (χ3n) is 1.74. The molecular weight excluding hydrogens is 180 g/mol. The molecule has 0 spiro atoms. The molecular formula is C7H14O6. The Kier molecular flexibility index (Phi) is 4.45. The van der Waals surface area contributed by atoms with Crippen LogP contribution >= 0.6 is 0 Å². The smallest absolute Gasteiger partial charge is 0.154 e. The molecule has 0 amide bonds. The highest BCUT2D eigenvalue weighted by Crippen LogP contribution is 2.12. The van der Waals surface area contributed by atoms with E-state index in [2.05, 4.69) is 0 Å². The van der Waals surface area contributed by atoms with Gasteiger partial charge in [0, 0.05) is 0 Å². The summed E-state index contributed by atoms with van der Waals surface area (Å²) in [6.07, 6.45) is -5.16. The molecule has 0 aromatic rings. The molecule has 4 atom stereocenters. The molecule has 0 fully saturated rings. The second-order valence-electron chi connectivity index (χ2n) is 3.03.